The quantitative estimate of drug-likeness (QED) is 0.848. The van der Waals surface area contributed by atoms with Gasteiger partial charge in [0.15, 0.2) is 0 Å². The number of hydrogen-bond donors (Lipinski definition) is 1. The van der Waals surface area contributed by atoms with Crippen LogP contribution in [0.4, 0.5) is 0 Å². The van der Waals surface area contributed by atoms with Crippen LogP contribution < -0.4 is 0 Å². The minimum absolute atomic E-state index is 0.500. The number of pyridine rings is 1. The summed E-state index contributed by atoms with van der Waals surface area (Å²) < 4.78 is 0. The maximum Gasteiger partial charge on any atom is 0.114 e. The van der Waals surface area contributed by atoms with Crippen LogP contribution in [0.15, 0.2) is 24.4 Å². The molecule has 0 saturated carbocycles. The van der Waals surface area contributed by atoms with Gasteiger partial charge < -0.3 is 0 Å². The van der Waals surface area contributed by atoms with Gasteiger partial charge >= 0.3 is 0 Å². The summed E-state index contributed by atoms with van der Waals surface area (Å²) in [5, 5.41) is 15.8. The van der Waals surface area contributed by atoms with E-state index in [1.54, 1.807) is 6.20 Å². The standard InChI is InChI=1S/C12H12N4/c1-9-10(5-4-7-13)12(16-15-9)11-6-2-3-8-14-11/h2-3,6,8H,4-5H2,1H3,(H,15,16). The normalized spacial score (nSPS) is 10.0. The van der Waals surface area contributed by atoms with E-state index < -0.39 is 0 Å². The van der Waals surface area contributed by atoms with Crippen molar-refractivity contribution < 1.29 is 0 Å². The van der Waals surface area contributed by atoms with Gasteiger partial charge in [0.2, 0.25) is 0 Å². The number of rotatable bonds is 3. The fourth-order valence-corrected chi connectivity index (χ4v) is 1.65. The molecule has 2 rings (SSSR count). The Morgan fingerprint density at radius 3 is 3.00 bits per heavy atom. The molecule has 1 N–H and O–H groups in total. The van der Waals surface area contributed by atoms with Crippen molar-refractivity contribution in [2.75, 3.05) is 0 Å². The van der Waals surface area contributed by atoms with Gasteiger partial charge in [-0.2, -0.15) is 10.4 Å². The third kappa shape index (κ3) is 1.94. The predicted octanol–water partition coefficient (Wildman–Crippen LogP) is 2.24. The van der Waals surface area contributed by atoms with Crippen molar-refractivity contribution in [3.8, 4) is 17.5 Å². The van der Waals surface area contributed by atoms with Crippen molar-refractivity contribution in [2.45, 2.75) is 19.8 Å². The summed E-state index contributed by atoms with van der Waals surface area (Å²) in [6, 6.07) is 7.88. The molecule has 2 heterocycles. The van der Waals surface area contributed by atoms with Gasteiger partial charge in [-0.1, -0.05) is 6.07 Å². The molecule has 0 saturated heterocycles. The summed E-state index contributed by atoms with van der Waals surface area (Å²) in [4.78, 5) is 4.27. The number of aromatic amines is 1. The highest BCUT2D eigenvalue weighted by Gasteiger charge is 2.12. The van der Waals surface area contributed by atoms with Crippen LogP contribution >= 0.6 is 0 Å². The second-order valence-electron chi connectivity index (χ2n) is 3.55. The molecule has 80 valence electrons. The maximum absolute atomic E-state index is 8.62. The van der Waals surface area contributed by atoms with Gasteiger partial charge in [-0.05, 0) is 25.5 Å². The SMILES string of the molecule is Cc1[nH]nc(-c2ccccn2)c1CCC#N. The van der Waals surface area contributed by atoms with Gasteiger partial charge in [-0.25, -0.2) is 0 Å². The number of H-pyrrole nitrogens is 1. The van der Waals surface area contributed by atoms with E-state index in [1.165, 1.54) is 0 Å². The first-order valence-corrected chi connectivity index (χ1v) is 5.15. The molecule has 0 radical (unpaired) electrons. The number of nitriles is 1. The summed E-state index contributed by atoms with van der Waals surface area (Å²) in [6.45, 7) is 1.96. The van der Waals surface area contributed by atoms with Crippen LogP contribution in [0.3, 0.4) is 0 Å². The zero-order valence-corrected chi connectivity index (χ0v) is 9.07. The lowest BCUT2D eigenvalue weighted by Crippen LogP contribution is -1.90. The Labute approximate surface area is 94.0 Å². The molecule has 0 amide bonds. The van der Waals surface area contributed by atoms with Crippen molar-refractivity contribution >= 4 is 0 Å². The molecule has 4 nitrogen and oxygen atoms in total. The Bertz CT molecular complexity index is 508. The largest absolute Gasteiger partial charge is 0.282 e. The summed E-state index contributed by atoms with van der Waals surface area (Å²) >= 11 is 0. The highest BCUT2D eigenvalue weighted by atomic mass is 15.1. The minimum atomic E-state index is 0.500. The second kappa shape index (κ2) is 4.58. The minimum Gasteiger partial charge on any atom is -0.282 e. The van der Waals surface area contributed by atoms with Crippen molar-refractivity contribution in [2.24, 2.45) is 0 Å². The van der Waals surface area contributed by atoms with Crippen molar-refractivity contribution in [3.63, 3.8) is 0 Å². The molecule has 4 heteroatoms. The van der Waals surface area contributed by atoms with Crippen molar-refractivity contribution in [1.29, 1.82) is 5.26 Å². The summed E-state index contributed by atoms with van der Waals surface area (Å²) in [5.74, 6) is 0. The average Bonchev–Trinajstić information content (AvgIpc) is 2.69. The fourth-order valence-electron chi connectivity index (χ4n) is 1.65. The summed E-state index contributed by atoms with van der Waals surface area (Å²) in [6.07, 6.45) is 2.96. The summed E-state index contributed by atoms with van der Waals surface area (Å²) in [5.41, 5.74) is 3.80. The number of aryl methyl sites for hydroxylation is 1. The first kappa shape index (κ1) is 10.4. The Hall–Kier alpha value is -2.15. The molecule has 0 spiro atoms. The zero-order chi connectivity index (χ0) is 11.4. The van der Waals surface area contributed by atoms with Crippen molar-refractivity contribution in [1.82, 2.24) is 15.2 Å². The van der Waals surface area contributed by atoms with Gasteiger partial charge in [-0.3, -0.25) is 10.1 Å². The molecule has 0 aliphatic carbocycles. The van der Waals surface area contributed by atoms with Gasteiger partial charge in [0, 0.05) is 23.9 Å². The van der Waals surface area contributed by atoms with E-state index in [0.29, 0.717) is 12.8 Å². The van der Waals surface area contributed by atoms with Gasteiger partial charge in [0.05, 0.1) is 11.8 Å². The fraction of sp³-hybridized carbons (Fsp3) is 0.250. The highest BCUT2D eigenvalue weighted by Crippen LogP contribution is 2.22. The average molecular weight is 212 g/mol. The Morgan fingerprint density at radius 1 is 1.44 bits per heavy atom. The third-order valence-corrected chi connectivity index (χ3v) is 2.47. The molecule has 0 unspecified atom stereocenters. The molecule has 16 heavy (non-hydrogen) atoms. The first-order valence-electron chi connectivity index (χ1n) is 5.15. The molecule has 0 atom stereocenters. The lowest BCUT2D eigenvalue weighted by Gasteiger charge is -2.00. The molecule has 0 bridgehead atoms. The van der Waals surface area contributed by atoms with E-state index in [1.807, 2.05) is 25.1 Å². The molecular formula is C12H12N4. The lowest BCUT2D eigenvalue weighted by atomic mass is 10.1. The molecular weight excluding hydrogens is 200 g/mol. The van der Waals surface area contributed by atoms with Gasteiger partial charge in [0.1, 0.15) is 5.69 Å². The monoisotopic (exact) mass is 212 g/mol. The topological polar surface area (TPSA) is 65.4 Å². The molecule has 0 aliphatic rings. The van der Waals surface area contributed by atoms with Crippen molar-refractivity contribution in [3.05, 3.63) is 35.7 Å². The maximum atomic E-state index is 8.62. The van der Waals surface area contributed by atoms with Crippen LogP contribution in [-0.2, 0) is 6.42 Å². The van der Waals surface area contributed by atoms with Gasteiger partial charge in [-0.15, -0.1) is 0 Å². The number of nitrogens with zero attached hydrogens (tertiary/aromatic N) is 3. The van der Waals surface area contributed by atoms with Gasteiger partial charge in [0.25, 0.3) is 0 Å². The Kier molecular flexibility index (Phi) is 2.97. The van der Waals surface area contributed by atoms with E-state index in [4.69, 9.17) is 5.26 Å². The third-order valence-electron chi connectivity index (χ3n) is 2.47. The van der Waals surface area contributed by atoms with Crippen LogP contribution in [-0.4, -0.2) is 15.2 Å². The van der Waals surface area contributed by atoms with Crippen LogP contribution in [0, 0.1) is 18.3 Å². The lowest BCUT2D eigenvalue weighted by molar-refractivity contribution is 0.991. The molecule has 0 fully saturated rings. The van der Waals surface area contributed by atoms with E-state index in [2.05, 4.69) is 21.3 Å². The van der Waals surface area contributed by atoms with E-state index >= 15 is 0 Å². The highest BCUT2D eigenvalue weighted by molar-refractivity contribution is 5.59. The Balaban J connectivity index is 2.39. The van der Waals surface area contributed by atoms with Crippen LogP contribution in [0.25, 0.3) is 11.4 Å². The zero-order valence-electron chi connectivity index (χ0n) is 9.07. The van der Waals surface area contributed by atoms with Crippen LogP contribution in [0.1, 0.15) is 17.7 Å². The molecule has 2 aromatic rings. The number of hydrogen-bond acceptors (Lipinski definition) is 3. The van der Waals surface area contributed by atoms with E-state index in [0.717, 1.165) is 22.6 Å². The van der Waals surface area contributed by atoms with Crippen LogP contribution in [0.5, 0.6) is 0 Å². The van der Waals surface area contributed by atoms with E-state index in [-0.39, 0.29) is 0 Å². The smallest absolute Gasteiger partial charge is 0.114 e. The molecule has 0 aliphatic heterocycles. The number of nitrogens with one attached hydrogen (secondary N) is 1. The molecule has 0 aromatic carbocycles. The number of aromatic nitrogens is 3. The van der Waals surface area contributed by atoms with E-state index in [9.17, 15) is 0 Å². The second-order valence-corrected chi connectivity index (χ2v) is 3.55. The molecule has 2 aromatic heterocycles. The predicted molar refractivity (Wildman–Crippen MR) is 60.5 cm³/mol. The summed E-state index contributed by atoms with van der Waals surface area (Å²) in [7, 11) is 0. The Morgan fingerprint density at radius 2 is 2.31 bits per heavy atom. The first-order chi connectivity index (χ1) is 7.83. The van der Waals surface area contributed by atoms with Crippen LogP contribution in [0.2, 0.25) is 0 Å².